The van der Waals surface area contributed by atoms with Gasteiger partial charge in [0.05, 0.1) is 27.7 Å². The van der Waals surface area contributed by atoms with E-state index in [9.17, 15) is 4.79 Å². The molecule has 31 heavy (non-hydrogen) atoms. The molecule has 0 aliphatic rings. The van der Waals surface area contributed by atoms with E-state index in [1.54, 1.807) is 0 Å². The van der Waals surface area contributed by atoms with Gasteiger partial charge in [-0.15, -0.1) is 0 Å². The van der Waals surface area contributed by atoms with Crippen molar-refractivity contribution in [1.29, 1.82) is 0 Å². The lowest BCUT2D eigenvalue weighted by molar-refractivity contribution is -0.870. The van der Waals surface area contributed by atoms with E-state index in [0.29, 0.717) is 6.42 Å². The van der Waals surface area contributed by atoms with Crippen LogP contribution >= 0.6 is 0 Å². The summed E-state index contributed by atoms with van der Waals surface area (Å²) in [7, 11) is 6.86. The fourth-order valence-electron chi connectivity index (χ4n) is 3.66. The first-order valence-electron chi connectivity index (χ1n) is 13.4. The molecule has 0 spiro atoms. The molecule has 0 aromatic heterocycles. The number of unbranched alkanes of at least 4 members (excludes halogenated alkanes) is 17. The molecule has 4 nitrogen and oxygen atoms in total. The van der Waals surface area contributed by atoms with Gasteiger partial charge in [-0.1, -0.05) is 117 Å². The van der Waals surface area contributed by atoms with Crippen molar-refractivity contribution >= 4 is 5.97 Å². The third-order valence-electron chi connectivity index (χ3n) is 5.68. The van der Waals surface area contributed by atoms with Crippen LogP contribution in [-0.2, 0) is 4.79 Å². The molecule has 0 rings (SSSR count). The average Bonchev–Trinajstić information content (AvgIpc) is 2.67. The monoisotopic (exact) mass is 445 g/mol. The van der Waals surface area contributed by atoms with Crippen LogP contribution in [0.2, 0.25) is 0 Å². The number of hydrogen-bond donors (Lipinski definition) is 2. The second-order valence-corrected chi connectivity index (χ2v) is 10.2. The van der Waals surface area contributed by atoms with Crippen molar-refractivity contribution in [3.8, 4) is 0 Å². The van der Waals surface area contributed by atoms with E-state index in [-0.39, 0.29) is 6.15 Å². The minimum Gasteiger partial charge on any atom is -0.481 e. The highest BCUT2D eigenvalue weighted by Gasteiger charge is 2.04. The van der Waals surface area contributed by atoms with E-state index in [1.807, 2.05) is 0 Å². The minimum absolute atomic E-state index is 0. The van der Waals surface area contributed by atoms with Crippen LogP contribution in [0.4, 0.5) is 0 Å². The van der Waals surface area contributed by atoms with Crippen LogP contribution in [0.5, 0.6) is 0 Å². The lowest BCUT2D eigenvalue weighted by Crippen LogP contribution is -2.35. The Balaban J connectivity index is -0.000000494. The maximum atomic E-state index is 10.2. The first-order chi connectivity index (χ1) is 14.3. The fraction of sp³-hybridized carbons (Fsp3) is 0.963. The molecule has 0 bridgehead atoms. The van der Waals surface area contributed by atoms with Gasteiger partial charge < -0.3 is 15.7 Å². The Bertz CT molecular complexity index is 341. The molecule has 0 aromatic carbocycles. The fourth-order valence-corrected chi connectivity index (χ4v) is 3.66. The number of carboxylic acids is 1. The van der Waals surface area contributed by atoms with Gasteiger partial charge >= 0.3 is 5.97 Å². The van der Waals surface area contributed by atoms with Gasteiger partial charge in [-0.05, 0) is 19.3 Å². The summed E-state index contributed by atoms with van der Waals surface area (Å²) in [5.74, 6) is -0.659. The SMILES string of the molecule is CCCCCCCCCCCC(=O)O.CCCCCCCCCCCC[N+](C)(C)C.N. The zero-order chi connectivity index (χ0) is 22.9. The Morgan fingerprint density at radius 3 is 1.13 bits per heavy atom. The van der Waals surface area contributed by atoms with Gasteiger partial charge in [0.15, 0.2) is 0 Å². The summed E-state index contributed by atoms with van der Waals surface area (Å²) >= 11 is 0. The largest absolute Gasteiger partial charge is 0.481 e. The van der Waals surface area contributed by atoms with Gasteiger partial charge in [-0.2, -0.15) is 0 Å². The molecular formula is C27H61N2O2+. The predicted octanol–water partition coefficient (Wildman–Crippen LogP) is 8.77. The maximum absolute atomic E-state index is 10.2. The summed E-state index contributed by atoms with van der Waals surface area (Å²) in [6, 6.07) is 0. The predicted molar refractivity (Wildman–Crippen MR) is 139 cm³/mol. The van der Waals surface area contributed by atoms with Crippen molar-refractivity contribution in [1.82, 2.24) is 6.15 Å². The van der Waals surface area contributed by atoms with Crippen molar-refractivity contribution in [2.45, 2.75) is 142 Å². The molecule has 190 valence electrons. The molecule has 0 heterocycles. The van der Waals surface area contributed by atoms with E-state index in [2.05, 4.69) is 35.0 Å². The number of rotatable bonds is 21. The van der Waals surface area contributed by atoms with E-state index < -0.39 is 5.97 Å². The highest BCUT2D eigenvalue weighted by molar-refractivity contribution is 5.66. The van der Waals surface area contributed by atoms with Gasteiger partial charge in [0.2, 0.25) is 0 Å². The Kier molecular flexibility index (Phi) is 31.0. The molecule has 0 aliphatic carbocycles. The molecule has 0 unspecified atom stereocenters. The maximum Gasteiger partial charge on any atom is 0.303 e. The van der Waals surface area contributed by atoms with Gasteiger partial charge in [0.25, 0.3) is 0 Å². The summed E-state index contributed by atoms with van der Waals surface area (Å²) in [6.07, 6.45) is 25.9. The average molecular weight is 446 g/mol. The van der Waals surface area contributed by atoms with Crippen LogP contribution in [-0.4, -0.2) is 43.2 Å². The summed E-state index contributed by atoms with van der Waals surface area (Å²) in [6.45, 7) is 5.84. The van der Waals surface area contributed by atoms with Crippen LogP contribution in [0.15, 0.2) is 0 Å². The second-order valence-electron chi connectivity index (χ2n) is 10.2. The summed E-state index contributed by atoms with van der Waals surface area (Å²) in [5.41, 5.74) is 0. The van der Waals surface area contributed by atoms with Crippen molar-refractivity contribution in [3.05, 3.63) is 0 Å². The summed E-state index contributed by atoms with van der Waals surface area (Å²) < 4.78 is 1.12. The molecule has 0 amide bonds. The van der Waals surface area contributed by atoms with Gasteiger partial charge in [0.1, 0.15) is 0 Å². The van der Waals surface area contributed by atoms with Crippen LogP contribution in [0, 0.1) is 0 Å². The van der Waals surface area contributed by atoms with Gasteiger partial charge in [-0.3, -0.25) is 4.79 Å². The van der Waals surface area contributed by atoms with Crippen LogP contribution < -0.4 is 6.15 Å². The standard InChI is InChI=1S/C15H34N.C12H24O2.H3N/c1-5-6-7-8-9-10-11-12-13-14-15-16(2,3)4;1-2-3-4-5-6-7-8-9-10-11-12(13)14;/h5-15H2,1-4H3;2-11H2,1H3,(H,13,14);1H3/q+1;;. The van der Waals surface area contributed by atoms with E-state index in [1.165, 1.54) is 116 Å². The first-order valence-corrected chi connectivity index (χ1v) is 13.4. The van der Waals surface area contributed by atoms with Gasteiger partial charge in [-0.25, -0.2) is 0 Å². The lowest BCUT2D eigenvalue weighted by atomic mass is 10.1. The Morgan fingerprint density at radius 2 is 0.839 bits per heavy atom. The molecule has 0 radical (unpaired) electrons. The van der Waals surface area contributed by atoms with E-state index in [0.717, 1.165) is 17.3 Å². The van der Waals surface area contributed by atoms with Crippen molar-refractivity contribution in [2.75, 3.05) is 27.7 Å². The van der Waals surface area contributed by atoms with Crippen LogP contribution in [0.3, 0.4) is 0 Å². The number of quaternary nitrogens is 1. The van der Waals surface area contributed by atoms with Crippen molar-refractivity contribution in [2.24, 2.45) is 0 Å². The van der Waals surface area contributed by atoms with Crippen LogP contribution in [0.1, 0.15) is 142 Å². The Morgan fingerprint density at radius 1 is 0.548 bits per heavy atom. The van der Waals surface area contributed by atoms with E-state index >= 15 is 0 Å². The third kappa shape index (κ3) is 40.3. The number of carboxylic acid groups (broad SMARTS) is 1. The quantitative estimate of drug-likeness (QED) is 0.137. The highest BCUT2D eigenvalue weighted by atomic mass is 16.4. The number of nitrogens with zero attached hydrogens (tertiary/aromatic N) is 1. The van der Waals surface area contributed by atoms with E-state index in [4.69, 9.17) is 5.11 Å². The zero-order valence-electron chi connectivity index (χ0n) is 22.4. The topological polar surface area (TPSA) is 72.3 Å². The van der Waals surface area contributed by atoms with Crippen molar-refractivity contribution in [3.63, 3.8) is 0 Å². The molecule has 0 saturated heterocycles. The molecule has 0 atom stereocenters. The molecule has 0 saturated carbocycles. The molecule has 4 N–H and O–H groups in total. The normalized spacial score (nSPS) is 10.9. The van der Waals surface area contributed by atoms with Gasteiger partial charge in [0, 0.05) is 6.42 Å². The van der Waals surface area contributed by atoms with Crippen molar-refractivity contribution < 1.29 is 14.4 Å². The summed E-state index contributed by atoms with van der Waals surface area (Å²) in [5, 5.41) is 8.41. The summed E-state index contributed by atoms with van der Waals surface area (Å²) in [4.78, 5) is 10.2. The molecular weight excluding hydrogens is 384 g/mol. The zero-order valence-corrected chi connectivity index (χ0v) is 22.4. The lowest BCUT2D eigenvalue weighted by Gasteiger charge is -2.23. The Hall–Kier alpha value is -0.610. The number of hydrogen-bond acceptors (Lipinski definition) is 2. The molecule has 0 aliphatic heterocycles. The molecule has 0 fully saturated rings. The number of carbonyl (C=O) groups is 1. The first kappa shape index (κ1) is 35.0. The molecule has 0 aromatic rings. The second kappa shape index (κ2) is 27.4. The van der Waals surface area contributed by atoms with Crippen LogP contribution in [0.25, 0.3) is 0 Å². The highest BCUT2D eigenvalue weighted by Crippen LogP contribution is 2.11. The third-order valence-corrected chi connectivity index (χ3v) is 5.68. The minimum atomic E-state index is -0.659. The molecule has 4 heteroatoms. The number of aliphatic carboxylic acids is 1. The Labute approximate surface area is 196 Å². The smallest absolute Gasteiger partial charge is 0.303 e.